The van der Waals surface area contributed by atoms with Crippen molar-refractivity contribution in [1.82, 2.24) is 0 Å². The van der Waals surface area contributed by atoms with E-state index in [-0.39, 0.29) is 22.0 Å². The van der Waals surface area contributed by atoms with Crippen LogP contribution in [0.15, 0.2) is 53.1 Å². The molecule has 0 aliphatic rings. The molecule has 0 fully saturated rings. The number of esters is 1. The molecule has 0 saturated heterocycles. The second kappa shape index (κ2) is 9.68. The Labute approximate surface area is 188 Å². The molecule has 0 radical (unpaired) electrons. The minimum atomic E-state index is -0.731. The number of rotatable bonds is 6. The van der Waals surface area contributed by atoms with Gasteiger partial charge >= 0.3 is 5.97 Å². The molecule has 31 heavy (non-hydrogen) atoms. The van der Waals surface area contributed by atoms with Gasteiger partial charge < -0.3 is 19.8 Å². The maximum atomic E-state index is 12.4. The molecule has 2 amide bonds. The third kappa shape index (κ3) is 5.45. The topological polar surface area (TPSA) is 97.6 Å². The number of ether oxygens (including phenoxy) is 1. The van der Waals surface area contributed by atoms with Crippen LogP contribution in [0.5, 0.6) is 0 Å². The molecule has 0 aliphatic heterocycles. The number of aryl methyl sites for hydroxylation is 2. The minimum absolute atomic E-state index is 0.137. The Morgan fingerprint density at radius 1 is 1.00 bits per heavy atom. The molecule has 3 rings (SSSR count). The van der Waals surface area contributed by atoms with Gasteiger partial charge in [-0.25, -0.2) is 4.79 Å². The Bertz CT molecular complexity index is 1140. The number of halogens is 2. The van der Waals surface area contributed by atoms with E-state index in [1.54, 1.807) is 38.1 Å². The molecular formula is C22H18Cl2N2O5. The van der Waals surface area contributed by atoms with Gasteiger partial charge in [0, 0.05) is 5.69 Å². The van der Waals surface area contributed by atoms with Gasteiger partial charge in [-0.2, -0.15) is 0 Å². The molecule has 1 aromatic heterocycles. The zero-order valence-electron chi connectivity index (χ0n) is 16.6. The Balaban J connectivity index is 1.64. The van der Waals surface area contributed by atoms with Crippen LogP contribution < -0.4 is 10.6 Å². The number of carbonyl (C=O) groups excluding carboxylic acids is 3. The zero-order valence-corrected chi connectivity index (χ0v) is 18.1. The molecule has 0 saturated carbocycles. The van der Waals surface area contributed by atoms with Crippen molar-refractivity contribution in [3.8, 4) is 0 Å². The Kier molecular flexibility index (Phi) is 6.99. The maximum Gasteiger partial charge on any atom is 0.338 e. The Morgan fingerprint density at radius 2 is 1.74 bits per heavy atom. The molecule has 0 unspecified atom stereocenters. The molecule has 3 aromatic rings. The molecule has 2 aromatic carbocycles. The van der Waals surface area contributed by atoms with E-state index in [1.165, 1.54) is 24.5 Å². The Hall–Kier alpha value is -3.29. The summed E-state index contributed by atoms with van der Waals surface area (Å²) in [4.78, 5) is 36.8. The van der Waals surface area contributed by atoms with E-state index in [0.29, 0.717) is 10.7 Å². The largest absolute Gasteiger partial charge is 0.459 e. The quantitative estimate of drug-likeness (QED) is 0.489. The first-order chi connectivity index (χ1) is 14.8. The van der Waals surface area contributed by atoms with Gasteiger partial charge in [0.25, 0.3) is 11.8 Å². The van der Waals surface area contributed by atoms with Gasteiger partial charge in [0.15, 0.2) is 12.4 Å². The summed E-state index contributed by atoms with van der Waals surface area (Å²) in [6.45, 7) is 3.00. The predicted molar refractivity (Wildman–Crippen MR) is 118 cm³/mol. The third-order valence-electron chi connectivity index (χ3n) is 4.35. The highest BCUT2D eigenvalue weighted by molar-refractivity contribution is 6.40. The van der Waals surface area contributed by atoms with Crippen molar-refractivity contribution in [3.05, 3.63) is 81.2 Å². The number of nitrogens with one attached hydrogen (secondary N) is 2. The number of furan rings is 1. The summed E-state index contributed by atoms with van der Waals surface area (Å²) in [7, 11) is 0. The van der Waals surface area contributed by atoms with Crippen LogP contribution in [0.3, 0.4) is 0 Å². The zero-order chi connectivity index (χ0) is 22.5. The molecule has 0 bridgehead atoms. The summed E-state index contributed by atoms with van der Waals surface area (Å²) in [5.41, 5.74) is 2.31. The third-order valence-corrected chi connectivity index (χ3v) is 5.15. The van der Waals surface area contributed by atoms with Crippen LogP contribution in [-0.4, -0.2) is 24.4 Å². The van der Waals surface area contributed by atoms with Crippen LogP contribution in [0, 0.1) is 13.8 Å². The molecule has 160 valence electrons. The van der Waals surface area contributed by atoms with Gasteiger partial charge in [-0.1, -0.05) is 35.3 Å². The summed E-state index contributed by atoms with van der Waals surface area (Å²) in [5.74, 6) is -1.64. The summed E-state index contributed by atoms with van der Waals surface area (Å²) in [6, 6.07) is 11.1. The molecule has 0 aliphatic carbocycles. The van der Waals surface area contributed by atoms with Crippen LogP contribution >= 0.6 is 23.2 Å². The average Bonchev–Trinajstić information content (AvgIpc) is 3.29. The highest BCUT2D eigenvalue weighted by atomic mass is 35.5. The van der Waals surface area contributed by atoms with Crippen LogP contribution in [0.1, 0.15) is 32.0 Å². The Morgan fingerprint density at radius 3 is 2.45 bits per heavy atom. The van der Waals surface area contributed by atoms with Crippen molar-refractivity contribution in [3.63, 3.8) is 0 Å². The lowest BCUT2D eigenvalue weighted by atomic mass is 10.1. The number of amides is 2. The van der Waals surface area contributed by atoms with Crippen molar-refractivity contribution in [2.75, 3.05) is 17.2 Å². The van der Waals surface area contributed by atoms with Gasteiger partial charge in [-0.3, -0.25) is 9.59 Å². The minimum Gasteiger partial charge on any atom is -0.459 e. The smallest absolute Gasteiger partial charge is 0.338 e. The van der Waals surface area contributed by atoms with E-state index < -0.39 is 24.4 Å². The molecule has 1 heterocycles. The number of hydrogen-bond acceptors (Lipinski definition) is 5. The summed E-state index contributed by atoms with van der Waals surface area (Å²) in [6.07, 6.45) is 1.39. The molecule has 9 heteroatoms. The number of benzene rings is 2. The molecule has 7 nitrogen and oxygen atoms in total. The van der Waals surface area contributed by atoms with Gasteiger partial charge in [-0.05, 0) is 55.3 Å². The highest BCUT2D eigenvalue weighted by Crippen LogP contribution is 2.32. The van der Waals surface area contributed by atoms with Crippen molar-refractivity contribution < 1.29 is 23.5 Å². The molecular weight excluding hydrogens is 443 g/mol. The van der Waals surface area contributed by atoms with E-state index in [1.807, 2.05) is 0 Å². The van der Waals surface area contributed by atoms with Crippen molar-refractivity contribution in [2.45, 2.75) is 13.8 Å². The van der Waals surface area contributed by atoms with Crippen molar-refractivity contribution in [1.29, 1.82) is 0 Å². The lowest BCUT2D eigenvalue weighted by Gasteiger charge is -2.12. The van der Waals surface area contributed by atoms with Gasteiger partial charge in [-0.15, -0.1) is 0 Å². The lowest BCUT2D eigenvalue weighted by Crippen LogP contribution is -2.21. The summed E-state index contributed by atoms with van der Waals surface area (Å²) < 4.78 is 10.1. The number of anilines is 2. The molecule has 0 atom stereocenters. The average molecular weight is 461 g/mol. The van der Waals surface area contributed by atoms with Gasteiger partial charge in [0.05, 0.1) is 27.6 Å². The van der Waals surface area contributed by atoms with Crippen LogP contribution in [0.4, 0.5) is 11.4 Å². The number of carbonyl (C=O) groups is 3. The van der Waals surface area contributed by atoms with E-state index >= 15 is 0 Å². The van der Waals surface area contributed by atoms with Gasteiger partial charge in [0.2, 0.25) is 0 Å². The standard InChI is InChI=1S/C22H18Cl2N2O5/c1-12-5-7-14(10-16(12)25-21(28)17-4-3-9-30-17)22(29)31-11-18(27)26-20-15(23)8-6-13(2)19(20)24/h3-10H,11H2,1-2H3,(H,25,28)(H,26,27). The van der Waals surface area contributed by atoms with Crippen LogP contribution in [-0.2, 0) is 9.53 Å². The summed E-state index contributed by atoms with van der Waals surface area (Å²) in [5, 5.41) is 5.79. The van der Waals surface area contributed by atoms with E-state index in [4.69, 9.17) is 32.4 Å². The van der Waals surface area contributed by atoms with E-state index in [0.717, 1.165) is 11.1 Å². The fourth-order valence-electron chi connectivity index (χ4n) is 2.64. The monoisotopic (exact) mass is 460 g/mol. The predicted octanol–water partition coefficient (Wildman–Crippen LogP) is 5.25. The first-order valence-electron chi connectivity index (χ1n) is 9.13. The fourth-order valence-corrected chi connectivity index (χ4v) is 3.10. The fraction of sp³-hybridized carbons (Fsp3) is 0.136. The molecule has 2 N–H and O–H groups in total. The second-order valence-electron chi connectivity index (χ2n) is 6.64. The van der Waals surface area contributed by atoms with Crippen LogP contribution in [0.2, 0.25) is 10.0 Å². The van der Waals surface area contributed by atoms with E-state index in [9.17, 15) is 14.4 Å². The van der Waals surface area contributed by atoms with Crippen molar-refractivity contribution >= 4 is 52.4 Å². The lowest BCUT2D eigenvalue weighted by molar-refractivity contribution is -0.119. The number of hydrogen-bond donors (Lipinski definition) is 2. The summed E-state index contributed by atoms with van der Waals surface area (Å²) >= 11 is 12.2. The highest BCUT2D eigenvalue weighted by Gasteiger charge is 2.16. The van der Waals surface area contributed by atoms with E-state index in [2.05, 4.69) is 10.6 Å². The first kappa shape index (κ1) is 22.4. The second-order valence-corrected chi connectivity index (χ2v) is 7.42. The normalized spacial score (nSPS) is 10.5. The van der Waals surface area contributed by atoms with Crippen molar-refractivity contribution in [2.24, 2.45) is 0 Å². The SMILES string of the molecule is Cc1ccc(C(=O)OCC(=O)Nc2c(Cl)ccc(C)c2Cl)cc1NC(=O)c1ccco1. The van der Waals surface area contributed by atoms with Crippen LogP contribution in [0.25, 0.3) is 0 Å². The van der Waals surface area contributed by atoms with Gasteiger partial charge in [0.1, 0.15) is 0 Å². The molecule has 0 spiro atoms. The maximum absolute atomic E-state index is 12.4. The first-order valence-corrected chi connectivity index (χ1v) is 9.89.